The van der Waals surface area contributed by atoms with Crippen LogP contribution < -0.4 is 24.4 Å². The Morgan fingerprint density at radius 3 is 1.66 bits per heavy atom. The molecule has 10 heteroatoms. The normalized spacial score (nSPS) is 10.7. The zero-order valence-electron chi connectivity index (χ0n) is 19.7. The molecule has 10 nitrogen and oxygen atoms in total. The molecular formula is C25H24O10. The summed E-state index contributed by atoms with van der Waals surface area (Å²) in [7, 11) is 0. The molecule has 0 unspecified atom stereocenters. The second kappa shape index (κ2) is 10.8. The molecule has 3 aromatic rings. The highest BCUT2D eigenvalue weighted by Crippen LogP contribution is 2.36. The third-order valence-electron chi connectivity index (χ3n) is 4.83. The SMILES string of the molecule is CCC(=O)Oc1cc(OC(=O)CC)c2c(=O)c3cc(OC(=O)CC)c(OC(=O)CC)cc3oc2c1. The van der Waals surface area contributed by atoms with Crippen LogP contribution in [0.15, 0.2) is 33.5 Å². The summed E-state index contributed by atoms with van der Waals surface area (Å²) >= 11 is 0. The van der Waals surface area contributed by atoms with E-state index in [1.807, 2.05) is 0 Å². The van der Waals surface area contributed by atoms with Crippen LogP contribution in [0.4, 0.5) is 0 Å². The Hall–Kier alpha value is -4.21. The van der Waals surface area contributed by atoms with Crippen LogP contribution in [0.5, 0.6) is 23.0 Å². The van der Waals surface area contributed by atoms with Crippen LogP contribution in [0.2, 0.25) is 0 Å². The molecule has 0 N–H and O–H groups in total. The summed E-state index contributed by atoms with van der Waals surface area (Å²) in [5.74, 6) is -2.76. The van der Waals surface area contributed by atoms with Gasteiger partial charge in [-0.05, 0) is 6.07 Å². The molecule has 0 aliphatic rings. The maximum absolute atomic E-state index is 13.5. The average Bonchev–Trinajstić information content (AvgIpc) is 2.84. The number of carbonyl (C=O) groups is 4. The van der Waals surface area contributed by atoms with E-state index >= 15 is 0 Å². The van der Waals surface area contributed by atoms with Crippen molar-refractivity contribution in [2.75, 3.05) is 0 Å². The van der Waals surface area contributed by atoms with E-state index in [0.717, 1.165) is 0 Å². The van der Waals surface area contributed by atoms with Crippen LogP contribution in [0.1, 0.15) is 53.4 Å². The first kappa shape index (κ1) is 25.4. The summed E-state index contributed by atoms with van der Waals surface area (Å²) in [4.78, 5) is 61.1. The highest BCUT2D eigenvalue weighted by atomic mass is 16.6. The Labute approximate surface area is 199 Å². The van der Waals surface area contributed by atoms with Gasteiger partial charge < -0.3 is 23.4 Å². The Morgan fingerprint density at radius 1 is 0.629 bits per heavy atom. The van der Waals surface area contributed by atoms with Crippen molar-refractivity contribution < 1.29 is 42.5 Å². The Bertz CT molecular complexity index is 1380. The van der Waals surface area contributed by atoms with Crippen LogP contribution in [-0.4, -0.2) is 23.9 Å². The van der Waals surface area contributed by atoms with Crippen LogP contribution in [0, 0.1) is 0 Å². The molecule has 0 spiro atoms. The predicted octanol–water partition coefficient (Wildman–Crippen LogP) is 4.21. The first-order chi connectivity index (χ1) is 16.7. The molecule has 3 rings (SSSR count). The van der Waals surface area contributed by atoms with Gasteiger partial charge in [-0.25, -0.2) is 0 Å². The summed E-state index contributed by atoms with van der Waals surface area (Å²) in [6, 6.07) is 5.05. The molecule has 0 saturated heterocycles. The van der Waals surface area contributed by atoms with E-state index < -0.39 is 29.3 Å². The number of benzene rings is 2. The lowest BCUT2D eigenvalue weighted by Crippen LogP contribution is -2.13. The van der Waals surface area contributed by atoms with Gasteiger partial charge in [-0.1, -0.05) is 27.7 Å². The van der Waals surface area contributed by atoms with E-state index in [4.69, 9.17) is 23.4 Å². The Morgan fingerprint density at radius 2 is 1.11 bits per heavy atom. The van der Waals surface area contributed by atoms with E-state index in [0.29, 0.717) is 0 Å². The van der Waals surface area contributed by atoms with Gasteiger partial charge in [-0.3, -0.25) is 24.0 Å². The van der Waals surface area contributed by atoms with Crippen LogP contribution in [-0.2, 0) is 19.2 Å². The largest absolute Gasteiger partial charge is 0.455 e. The standard InChI is InChI=1S/C25H24O10/c1-5-20(26)31-13-9-18-24(19(10-13)35-23(29)8-4)25(30)14-11-16(33-21(27)6-2)17(12-15(14)32-18)34-22(28)7-3/h9-12H,5-8H2,1-4H3. The van der Waals surface area contributed by atoms with Crippen molar-refractivity contribution in [3.63, 3.8) is 0 Å². The van der Waals surface area contributed by atoms with E-state index in [1.165, 1.54) is 24.3 Å². The molecule has 0 atom stereocenters. The van der Waals surface area contributed by atoms with E-state index in [9.17, 15) is 24.0 Å². The van der Waals surface area contributed by atoms with Gasteiger partial charge in [-0.2, -0.15) is 0 Å². The molecule has 1 aromatic heterocycles. The molecule has 0 aliphatic heterocycles. The second-order valence-corrected chi connectivity index (χ2v) is 7.33. The lowest BCUT2D eigenvalue weighted by molar-refractivity contribution is -0.136. The summed E-state index contributed by atoms with van der Waals surface area (Å²) < 4.78 is 26.9. The van der Waals surface area contributed by atoms with Gasteiger partial charge in [-0.15, -0.1) is 0 Å². The number of fused-ring (bicyclic) bond motifs is 2. The average molecular weight is 484 g/mol. The molecule has 0 aliphatic carbocycles. The van der Waals surface area contributed by atoms with Gasteiger partial charge in [0.15, 0.2) is 11.5 Å². The van der Waals surface area contributed by atoms with Crippen molar-refractivity contribution in [1.29, 1.82) is 0 Å². The smallest absolute Gasteiger partial charge is 0.311 e. The van der Waals surface area contributed by atoms with E-state index in [-0.39, 0.29) is 70.6 Å². The van der Waals surface area contributed by atoms with E-state index in [1.54, 1.807) is 27.7 Å². The molecule has 0 amide bonds. The monoisotopic (exact) mass is 484 g/mol. The number of hydrogen-bond donors (Lipinski definition) is 0. The minimum Gasteiger partial charge on any atom is -0.455 e. The molecule has 0 saturated carbocycles. The number of hydrogen-bond acceptors (Lipinski definition) is 10. The van der Waals surface area contributed by atoms with E-state index in [2.05, 4.69) is 0 Å². The molecule has 35 heavy (non-hydrogen) atoms. The molecule has 0 fully saturated rings. The van der Waals surface area contributed by atoms with Crippen molar-refractivity contribution in [2.24, 2.45) is 0 Å². The minimum absolute atomic E-state index is 0.00411. The first-order valence-electron chi connectivity index (χ1n) is 11.1. The topological polar surface area (TPSA) is 135 Å². The Kier molecular flexibility index (Phi) is 7.85. The lowest BCUT2D eigenvalue weighted by Gasteiger charge is -2.13. The third kappa shape index (κ3) is 5.65. The van der Waals surface area contributed by atoms with Crippen molar-refractivity contribution in [3.05, 3.63) is 34.5 Å². The lowest BCUT2D eigenvalue weighted by atomic mass is 10.1. The third-order valence-corrected chi connectivity index (χ3v) is 4.83. The van der Waals surface area contributed by atoms with Gasteiger partial charge in [0, 0.05) is 43.9 Å². The molecule has 1 heterocycles. The summed E-state index contributed by atoms with van der Waals surface area (Å²) in [5, 5.41) is -0.0959. The van der Waals surface area contributed by atoms with Crippen molar-refractivity contribution in [1.82, 2.24) is 0 Å². The molecule has 0 bridgehead atoms. The highest BCUT2D eigenvalue weighted by molar-refractivity contribution is 5.97. The Balaban J connectivity index is 2.32. The van der Waals surface area contributed by atoms with Crippen LogP contribution in [0.3, 0.4) is 0 Å². The minimum atomic E-state index is -0.621. The summed E-state index contributed by atoms with van der Waals surface area (Å²) in [6.45, 7) is 6.36. The first-order valence-corrected chi connectivity index (χ1v) is 11.1. The summed E-state index contributed by atoms with van der Waals surface area (Å²) in [5.41, 5.74) is -0.631. The van der Waals surface area contributed by atoms with Crippen molar-refractivity contribution >= 4 is 45.8 Å². The number of rotatable bonds is 8. The highest BCUT2D eigenvalue weighted by Gasteiger charge is 2.21. The maximum atomic E-state index is 13.5. The van der Waals surface area contributed by atoms with Gasteiger partial charge in [0.05, 0.1) is 5.39 Å². The number of ether oxygens (including phenoxy) is 4. The zero-order chi connectivity index (χ0) is 25.7. The fourth-order valence-corrected chi connectivity index (χ4v) is 3.01. The van der Waals surface area contributed by atoms with Gasteiger partial charge >= 0.3 is 23.9 Å². The number of carbonyl (C=O) groups excluding carboxylic acids is 4. The molecule has 0 radical (unpaired) electrons. The van der Waals surface area contributed by atoms with Crippen LogP contribution in [0.25, 0.3) is 21.9 Å². The van der Waals surface area contributed by atoms with Gasteiger partial charge in [0.1, 0.15) is 28.1 Å². The summed E-state index contributed by atoms with van der Waals surface area (Å²) in [6.07, 6.45) is 0.221. The fourth-order valence-electron chi connectivity index (χ4n) is 3.01. The van der Waals surface area contributed by atoms with Crippen LogP contribution >= 0.6 is 0 Å². The zero-order valence-corrected chi connectivity index (χ0v) is 19.7. The fraction of sp³-hybridized carbons (Fsp3) is 0.320. The molecule has 184 valence electrons. The quantitative estimate of drug-likeness (QED) is 0.260. The molecular weight excluding hydrogens is 460 g/mol. The number of esters is 4. The van der Waals surface area contributed by atoms with Crippen molar-refractivity contribution in [2.45, 2.75) is 53.4 Å². The predicted molar refractivity (Wildman–Crippen MR) is 124 cm³/mol. The molecule has 2 aromatic carbocycles. The van der Waals surface area contributed by atoms with Gasteiger partial charge in [0.2, 0.25) is 5.43 Å². The second-order valence-electron chi connectivity index (χ2n) is 7.33. The maximum Gasteiger partial charge on any atom is 0.311 e. The van der Waals surface area contributed by atoms with Crippen molar-refractivity contribution in [3.8, 4) is 23.0 Å². The van der Waals surface area contributed by atoms with Gasteiger partial charge in [0.25, 0.3) is 0 Å².